The molecule has 0 atom stereocenters. The van der Waals surface area contributed by atoms with Crippen molar-refractivity contribution < 1.29 is 14.3 Å². The lowest BCUT2D eigenvalue weighted by Crippen LogP contribution is -2.44. The van der Waals surface area contributed by atoms with Crippen LogP contribution in [0.3, 0.4) is 0 Å². The number of imide groups is 1. The highest BCUT2D eigenvalue weighted by molar-refractivity contribution is 5.90. The number of hydrogen-bond acceptors (Lipinski definition) is 3. The fraction of sp³-hybridized carbons (Fsp3) is 0.333. The van der Waals surface area contributed by atoms with Gasteiger partial charge in [-0.25, -0.2) is 14.5 Å². The van der Waals surface area contributed by atoms with Crippen LogP contribution >= 0.6 is 0 Å². The summed E-state index contributed by atoms with van der Waals surface area (Å²) in [4.78, 5) is 24.5. The maximum Gasteiger partial charge on any atom is 0.418 e. The van der Waals surface area contributed by atoms with Crippen molar-refractivity contribution in [2.45, 2.75) is 32.8 Å². The van der Waals surface area contributed by atoms with Crippen molar-refractivity contribution >= 4 is 22.9 Å². The van der Waals surface area contributed by atoms with E-state index in [0.717, 1.165) is 21.2 Å². The topological polar surface area (TPSA) is 72.6 Å². The standard InChI is InChI=1S/C18H22N2O3/c1-18(2,3)23-17(22)20(16(19)21)11-10-13-8-9-14-6-4-5-7-15(14)12-13/h4-9,12H,10-11H2,1-3H3,(H2,19,21). The number of amides is 3. The van der Waals surface area contributed by atoms with Gasteiger partial charge in [-0.1, -0.05) is 42.5 Å². The molecule has 3 amide bonds. The molecule has 2 rings (SSSR count). The van der Waals surface area contributed by atoms with Gasteiger partial charge in [0.25, 0.3) is 0 Å². The summed E-state index contributed by atoms with van der Waals surface area (Å²) in [5, 5.41) is 2.27. The molecule has 0 heterocycles. The van der Waals surface area contributed by atoms with Gasteiger partial charge in [-0.2, -0.15) is 0 Å². The van der Waals surface area contributed by atoms with Crippen LogP contribution in [-0.2, 0) is 11.2 Å². The van der Waals surface area contributed by atoms with Gasteiger partial charge in [-0.3, -0.25) is 0 Å². The first-order valence-electron chi connectivity index (χ1n) is 7.54. The zero-order valence-corrected chi connectivity index (χ0v) is 13.7. The average molecular weight is 314 g/mol. The van der Waals surface area contributed by atoms with Crippen molar-refractivity contribution in [1.82, 2.24) is 4.90 Å². The number of ether oxygens (including phenoxy) is 1. The van der Waals surface area contributed by atoms with E-state index in [4.69, 9.17) is 10.5 Å². The lowest BCUT2D eigenvalue weighted by atomic mass is 10.1. The smallest absolute Gasteiger partial charge is 0.418 e. The van der Waals surface area contributed by atoms with Crippen LogP contribution in [0.2, 0.25) is 0 Å². The predicted molar refractivity (Wildman–Crippen MR) is 90.2 cm³/mol. The molecule has 0 unspecified atom stereocenters. The molecule has 122 valence electrons. The molecule has 23 heavy (non-hydrogen) atoms. The normalized spacial score (nSPS) is 11.3. The number of nitrogens with two attached hydrogens (primary N) is 1. The van der Waals surface area contributed by atoms with Gasteiger partial charge in [0.15, 0.2) is 0 Å². The largest absolute Gasteiger partial charge is 0.443 e. The van der Waals surface area contributed by atoms with Gasteiger partial charge in [0, 0.05) is 6.54 Å². The summed E-state index contributed by atoms with van der Waals surface area (Å²) in [6.45, 7) is 5.41. The highest BCUT2D eigenvalue weighted by Crippen LogP contribution is 2.17. The third-order valence-corrected chi connectivity index (χ3v) is 3.32. The summed E-state index contributed by atoms with van der Waals surface area (Å²) in [6.07, 6.45) is -0.196. The fourth-order valence-electron chi connectivity index (χ4n) is 2.24. The minimum Gasteiger partial charge on any atom is -0.443 e. The number of carbonyl (C=O) groups is 2. The molecule has 2 aromatic carbocycles. The second-order valence-electron chi connectivity index (χ2n) is 6.40. The second-order valence-corrected chi connectivity index (χ2v) is 6.40. The number of benzene rings is 2. The van der Waals surface area contributed by atoms with Crippen molar-refractivity contribution in [3.8, 4) is 0 Å². The van der Waals surface area contributed by atoms with E-state index >= 15 is 0 Å². The number of carbonyl (C=O) groups excluding carboxylic acids is 2. The SMILES string of the molecule is CC(C)(C)OC(=O)N(CCc1ccc2ccccc2c1)C(N)=O. The number of hydrogen-bond donors (Lipinski definition) is 1. The second kappa shape index (κ2) is 6.69. The molecule has 0 bridgehead atoms. The van der Waals surface area contributed by atoms with E-state index in [1.165, 1.54) is 0 Å². The summed E-state index contributed by atoms with van der Waals surface area (Å²) < 4.78 is 5.21. The zero-order chi connectivity index (χ0) is 17.0. The van der Waals surface area contributed by atoms with Crippen LogP contribution in [0, 0.1) is 0 Å². The first-order valence-corrected chi connectivity index (χ1v) is 7.54. The number of primary amides is 1. The molecular formula is C18H22N2O3. The summed E-state index contributed by atoms with van der Waals surface area (Å²) in [5.74, 6) is 0. The first kappa shape index (κ1) is 16.8. The summed E-state index contributed by atoms with van der Waals surface area (Å²) in [5.41, 5.74) is 5.65. The quantitative estimate of drug-likeness (QED) is 0.939. The molecule has 0 aromatic heterocycles. The molecule has 0 spiro atoms. The molecule has 2 aromatic rings. The average Bonchev–Trinajstić information content (AvgIpc) is 2.45. The molecule has 0 fully saturated rings. The Morgan fingerprint density at radius 3 is 2.35 bits per heavy atom. The Labute approximate surface area is 136 Å². The van der Waals surface area contributed by atoms with Gasteiger partial charge in [-0.05, 0) is 43.5 Å². The van der Waals surface area contributed by atoms with Crippen LogP contribution in [0.1, 0.15) is 26.3 Å². The van der Waals surface area contributed by atoms with Crippen LogP contribution in [0.4, 0.5) is 9.59 Å². The van der Waals surface area contributed by atoms with E-state index in [-0.39, 0.29) is 6.54 Å². The molecule has 0 aliphatic heterocycles. The van der Waals surface area contributed by atoms with Crippen molar-refractivity contribution in [2.75, 3.05) is 6.54 Å². The van der Waals surface area contributed by atoms with Gasteiger partial charge >= 0.3 is 12.1 Å². The Morgan fingerprint density at radius 1 is 1.09 bits per heavy atom. The molecule has 2 N–H and O–H groups in total. The van der Waals surface area contributed by atoms with E-state index in [1.807, 2.05) is 42.5 Å². The van der Waals surface area contributed by atoms with Crippen molar-refractivity contribution in [3.63, 3.8) is 0 Å². The maximum absolute atomic E-state index is 12.0. The Hall–Kier alpha value is -2.56. The predicted octanol–water partition coefficient (Wildman–Crippen LogP) is 3.70. The Morgan fingerprint density at radius 2 is 1.74 bits per heavy atom. The summed E-state index contributed by atoms with van der Waals surface area (Å²) >= 11 is 0. The van der Waals surface area contributed by atoms with Crippen molar-refractivity contribution in [2.24, 2.45) is 5.73 Å². The van der Waals surface area contributed by atoms with Gasteiger partial charge < -0.3 is 10.5 Å². The van der Waals surface area contributed by atoms with E-state index in [1.54, 1.807) is 20.8 Å². The van der Waals surface area contributed by atoms with Gasteiger partial charge in [0.2, 0.25) is 0 Å². The first-order chi connectivity index (χ1) is 10.8. The van der Waals surface area contributed by atoms with Crippen LogP contribution in [0.15, 0.2) is 42.5 Å². The molecule has 5 nitrogen and oxygen atoms in total. The Kier molecular flexibility index (Phi) is 4.89. The van der Waals surface area contributed by atoms with Gasteiger partial charge in [-0.15, -0.1) is 0 Å². The van der Waals surface area contributed by atoms with Gasteiger partial charge in [0.1, 0.15) is 5.60 Å². The van der Waals surface area contributed by atoms with E-state index < -0.39 is 17.7 Å². The van der Waals surface area contributed by atoms with E-state index in [9.17, 15) is 9.59 Å². The Balaban J connectivity index is 2.08. The van der Waals surface area contributed by atoms with Gasteiger partial charge in [0.05, 0.1) is 0 Å². The van der Waals surface area contributed by atoms with E-state index in [0.29, 0.717) is 6.42 Å². The van der Waals surface area contributed by atoms with Crippen LogP contribution in [-0.4, -0.2) is 29.2 Å². The molecule has 0 radical (unpaired) electrons. The number of nitrogens with zero attached hydrogens (tertiary/aromatic N) is 1. The zero-order valence-electron chi connectivity index (χ0n) is 13.7. The third kappa shape index (κ3) is 4.71. The van der Waals surface area contributed by atoms with Crippen LogP contribution in [0.25, 0.3) is 10.8 Å². The number of fused-ring (bicyclic) bond motifs is 1. The third-order valence-electron chi connectivity index (χ3n) is 3.32. The highest BCUT2D eigenvalue weighted by atomic mass is 16.6. The van der Waals surface area contributed by atoms with Crippen molar-refractivity contribution in [3.05, 3.63) is 48.0 Å². The molecule has 0 saturated heterocycles. The summed E-state index contributed by atoms with van der Waals surface area (Å²) in [6, 6.07) is 13.3. The maximum atomic E-state index is 12.0. The molecule has 0 aliphatic rings. The molecule has 0 saturated carbocycles. The van der Waals surface area contributed by atoms with Crippen LogP contribution in [0.5, 0.6) is 0 Å². The highest BCUT2D eigenvalue weighted by Gasteiger charge is 2.25. The van der Waals surface area contributed by atoms with Crippen LogP contribution < -0.4 is 5.73 Å². The minimum atomic E-state index is -0.806. The number of rotatable bonds is 3. The fourth-order valence-corrected chi connectivity index (χ4v) is 2.24. The lowest BCUT2D eigenvalue weighted by Gasteiger charge is -2.25. The lowest BCUT2D eigenvalue weighted by molar-refractivity contribution is 0.0330. The monoisotopic (exact) mass is 314 g/mol. The Bertz CT molecular complexity index is 720. The summed E-state index contributed by atoms with van der Waals surface area (Å²) in [7, 11) is 0. The molecule has 5 heteroatoms. The van der Waals surface area contributed by atoms with Crippen molar-refractivity contribution in [1.29, 1.82) is 0 Å². The molecular weight excluding hydrogens is 292 g/mol. The minimum absolute atomic E-state index is 0.183. The van der Waals surface area contributed by atoms with E-state index in [2.05, 4.69) is 0 Å². The molecule has 0 aliphatic carbocycles. The number of urea groups is 1.